The Morgan fingerprint density at radius 2 is 1.96 bits per heavy atom. The Morgan fingerprint density at radius 3 is 2.59 bits per heavy atom. The van der Waals surface area contributed by atoms with Crippen molar-refractivity contribution in [1.82, 2.24) is 10.2 Å². The predicted molar refractivity (Wildman–Crippen MR) is 100 cm³/mol. The van der Waals surface area contributed by atoms with Crippen molar-refractivity contribution in [2.45, 2.75) is 76.7 Å². The number of ether oxygens (including phenoxy) is 2. The van der Waals surface area contributed by atoms with Crippen molar-refractivity contribution in [2.75, 3.05) is 39.4 Å². The molecule has 2 aliphatic rings. The van der Waals surface area contributed by atoms with E-state index >= 15 is 0 Å². The third-order valence-electron chi connectivity index (χ3n) is 5.00. The second-order valence-electron chi connectivity index (χ2n) is 7.32. The van der Waals surface area contributed by atoms with E-state index in [1.54, 1.807) is 0 Å². The van der Waals surface area contributed by atoms with Crippen molar-refractivity contribution in [3.8, 4) is 0 Å². The zero-order chi connectivity index (χ0) is 19.5. The maximum atomic E-state index is 12.2. The molecule has 5 nitrogen and oxygen atoms in total. The highest BCUT2D eigenvalue weighted by Crippen LogP contribution is 2.22. The topological polar surface area (TPSA) is 46.1 Å². The van der Waals surface area contributed by atoms with Crippen LogP contribution in [0.25, 0.3) is 0 Å². The van der Waals surface area contributed by atoms with Gasteiger partial charge in [-0.05, 0) is 51.9 Å². The van der Waals surface area contributed by atoms with Gasteiger partial charge in [0.15, 0.2) is 5.96 Å². The Labute approximate surface area is 160 Å². The van der Waals surface area contributed by atoms with Crippen LogP contribution in [-0.4, -0.2) is 68.6 Å². The van der Waals surface area contributed by atoms with E-state index in [4.69, 9.17) is 9.47 Å². The van der Waals surface area contributed by atoms with Crippen LogP contribution in [0, 0.1) is 0 Å². The molecular weight excluding hydrogens is 359 g/mol. The molecule has 2 rings (SSSR count). The van der Waals surface area contributed by atoms with Gasteiger partial charge in [-0.2, -0.15) is 13.2 Å². The van der Waals surface area contributed by atoms with Crippen LogP contribution in [0.1, 0.15) is 58.3 Å². The molecule has 2 heterocycles. The van der Waals surface area contributed by atoms with Gasteiger partial charge in [0.2, 0.25) is 0 Å². The summed E-state index contributed by atoms with van der Waals surface area (Å²) in [6.45, 7) is 6.40. The lowest BCUT2D eigenvalue weighted by Gasteiger charge is -2.35. The first kappa shape index (κ1) is 22.3. The molecule has 8 heteroatoms. The number of piperidine rings is 1. The summed E-state index contributed by atoms with van der Waals surface area (Å²) in [6.07, 6.45) is 1.61. The molecule has 0 aromatic heterocycles. The number of hydrogen-bond donors (Lipinski definition) is 1. The van der Waals surface area contributed by atoms with Crippen LogP contribution < -0.4 is 5.32 Å². The van der Waals surface area contributed by atoms with Crippen LogP contribution in [-0.2, 0) is 9.47 Å². The predicted octanol–water partition coefficient (Wildman–Crippen LogP) is 3.73. The van der Waals surface area contributed by atoms with Crippen molar-refractivity contribution < 1.29 is 22.6 Å². The van der Waals surface area contributed by atoms with Gasteiger partial charge >= 0.3 is 6.18 Å². The van der Waals surface area contributed by atoms with Crippen molar-refractivity contribution >= 4 is 5.96 Å². The number of aliphatic imine (C=N–C) groups is 1. The zero-order valence-corrected chi connectivity index (χ0v) is 16.4. The number of alkyl halides is 3. The van der Waals surface area contributed by atoms with Gasteiger partial charge in [0, 0.05) is 39.2 Å². The lowest BCUT2D eigenvalue weighted by atomic mass is 10.1. The minimum absolute atomic E-state index is 0.131. The Balaban J connectivity index is 1.67. The first-order chi connectivity index (χ1) is 13.0. The van der Waals surface area contributed by atoms with E-state index < -0.39 is 12.6 Å². The molecule has 2 fully saturated rings. The van der Waals surface area contributed by atoms with Crippen molar-refractivity contribution in [3.05, 3.63) is 0 Å². The molecule has 1 atom stereocenters. The number of unbranched alkanes of at least 4 members (excludes halogenated alkanes) is 1. The molecule has 1 N–H and O–H groups in total. The molecule has 0 aromatic rings. The molecule has 0 aromatic carbocycles. The smallest absolute Gasteiger partial charge is 0.376 e. The lowest BCUT2D eigenvalue weighted by Crippen LogP contribution is -2.47. The van der Waals surface area contributed by atoms with E-state index in [1.807, 2.05) is 6.92 Å². The van der Waals surface area contributed by atoms with E-state index in [0.717, 1.165) is 57.9 Å². The Kier molecular flexibility index (Phi) is 9.68. The molecule has 2 saturated heterocycles. The highest BCUT2D eigenvalue weighted by atomic mass is 19.4. The number of hydrogen-bond acceptors (Lipinski definition) is 3. The van der Waals surface area contributed by atoms with E-state index in [1.165, 1.54) is 6.42 Å². The van der Waals surface area contributed by atoms with Gasteiger partial charge in [-0.3, -0.25) is 4.99 Å². The summed E-state index contributed by atoms with van der Waals surface area (Å²) in [4.78, 5) is 6.69. The van der Waals surface area contributed by atoms with Gasteiger partial charge in [0.25, 0.3) is 0 Å². The summed E-state index contributed by atoms with van der Waals surface area (Å²) in [6, 6.07) is 0. The lowest BCUT2D eigenvalue weighted by molar-refractivity contribution is -0.135. The van der Waals surface area contributed by atoms with Crippen molar-refractivity contribution in [1.29, 1.82) is 0 Å². The first-order valence-corrected chi connectivity index (χ1v) is 10.3. The molecule has 0 bridgehead atoms. The van der Waals surface area contributed by atoms with Gasteiger partial charge in [-0.1, -0.05) is 0 Å². The summed E-state index contributed by atoms with van der Waals surface area (Å²) < 4.78 is 48.3. The van der Waals surface area contributed by atoms with Crippen LogP contribution in [0.4, 0.5) is 13.2 Å². The maximum absolute atomic E-state index is 12.2. The normalized spacial score (nSPS) is 22.9. The third kappa shape index (κ3) is 9.14. The maximum Gasteiger partial charge on any atom is 0.389 e. The minimum Gasteiger partial charge on any atom is -0.376 e. The molecular formula is C19H34F3N3O2. The van der Waals surface area contributed by atoms with Gasteiger partial charge in [-0.15, -0.1) is 0 Å². The number of rotatable bonds is 8. The third-order valence-corrected chi connectivity index (χ3v) is 5.00. The molecule has 0 amide bonds. The van der Waals surface area contributed by atoms with E-state index in [-0.39, 0.29) is 18.6 Å². The second-order valence-corrected chi connectivity index (χ2v) is 7.32. The van der Waals surface area contributed by atoms with Gasteiger partial charge < -0.3 is 19.7 Å². The molecule has 27 heavy (non-hydrogen) atoms. The van der Waals surface area contributed by atoms with Crippen LogP contribution in [0.3, 0.4) is 0 Å². The number of likely N-dealkylation sites (tertiary alicyclic amines) is 1. The summed E-state index contributed by atoms with van der Waals surface area (Å²) >= 11 is 0. The van der Waals surface area contributed by atoms with Gasteiger partial charge in [-0.25, -0.2) is 0 Å². The zero-order valence-electron chi connectivity index (χ0n) is 16.4. The highest BCUT2D eigenvalue weighted by molar-refractivity contribution is 5.80. The monoisotopic (exact) mass is 393 g/mol. The highest BCUT2D eigenvalue weighted by Gasteiger charge is 2.26. The van der Waals surface area contributed by atoms with Gasteiger partial charge in [0.1, 0.15) is 0 Å². The first-order valence-electron chi connectivity index (χ1n) is 10.3. The Bertz CT molecular complexity index is 432. The van der Waals surface area contributed by atoms with E-state index in [9.17, 15) is 13.2 Å². The van der Waals surface area contributed by atoms with E-state index in [2.05, 4.69) is 15.2 Å². The summed E-state index contributed by atoms with van der Waals surface area (Å²) in [5.41, 5.74) is 0. The number of nitrogens with zero attached hydrogens (tertiary/aromatic N) is 2. The van der Waals surface area contributed by atoms with Crippen LogP contribution in [0.2, 0.25) is 0 Å². The molecule has 0 radical (unpaired) electrons. The number of guanidine groups is 1. The average Bonchev–Trinajstić information content (AvgIpc) is 2.66. The fourth-order valence-corrected chi connectivity index (χ4v) is 3.46. The van der Waals surface area contributed by atoms with Crippen LogP contribution >= 0.6 is 0 Å². The second kappa shape index (κ2) is 11.7. The molecule has 1 unspecified atom stereocenters. The van der Waals surface area contributed by atoms with E-state index in [0.29, 0.717) is 19.6 Å². The average molecular weight is 393 g/mol. The SMILES string of the molecule is CCNC(=NCCCCC(F)(F)F)N1CCC(OCC2CCCCO2)CC1. The summed E-state index contributed by atoms with van der Waals surface area (Å²) in [7, 11) is 0. The standard InChI is InChI=1S/C19H34F3N3O2/c1-2-23-18(24-11-5-4-10-19(20,21)22)25-12-8-16(9-13-25)27-15-17-7-3-6-14-26-17/h16-17H,2-15H2,1H3,(H,23,24). The number of halogens is 3. The van der Waals surface area contributed by atoms with Crippen LogP contribution in [0.5, 0.6) is 0 Å². The van der Waals surface area contributed by atoms with Crippen molar-refractivity contribution in [3.63, 3.8) is 0 Å². The van der Waals surface area contributed by atoms with Crippen molar-refractivity contribution in [2.24, 2.45) is 4.99 Å². The summed E-state index contributed by atoms with van der Waals surface area (Å²) in [5.74, 6) is 0.804. The Hall–Kier alpha value is -1.02. The molecule has 0 spiro atoms. The quantitative estimate of drug-likeness (QED) is 0.388. The molecule has 0 aliphatic carbocycles. The Morgan fingerprint density at radius 1 is 1.19 bits per heavy atom. The summed E-state index contributed by atoms with van der Waals surface area (Å²) in [5, 5.41) is 3.25. The molecule has 158 valence electrons. The number of nitrogens with one attached hydrogen (secondary N) is 1. The molecule has 2 aliphatic heterocycles. The minimum atomic E-state index is -4.07. The van der Waals surface area contributed by atoms with Gasteiger partial charge in [0.05, 0.1) is 18.8 Å². The fourth-order valence-electron chi connectivity index (χ4n) is 3.46. The van der Waals surface area contributed by atoms with Crippen LogP contribution in [0.15, 0.2) is 4.99 Å². The largest absolute Gasteiger partial charge is 0.389 e. The fraction of sp³-hybridized carbons (Fsp3) is 0.947. The molecule has 0 saturated carbocycles.